The topological polar surface area (TPSA) is 89.5 Å². The number of rotatable bonds is 14. The highest BCUT2D eigenvalue weighted by Crippen LogP contribution is 2.20. The molecule has 0 radical (unpaired) electrons. The maximum Gasteiger partial charge on any atom is 0.246 e. The summed E-state index contributed by atoms with van der Waals surface area (Å²) in [7, 11) is 0. The summed E-state index contributed by atoms with van der Waals surface area (Å²) in [5.41, 5.74) is 3.99. The first-order chi connectivity index (χ1) is 18.2. The van der Waals surface area contributed by atoms with Gasteiger partial charge in [0, 0.05) is 35.8 Å². The van der Waals surface area contributed by atoms with E-state index in [0.29, 0.717) is 41.5 Å². The van der Waals surface area contributed by atoms with Gasteiger partial charge in [0.1, 0.15) is 6.61 Å². The van der Waals surface area contributed by atoms with E-state index in [9.17, 15) is 19.2 Å². The van der Waals surface area contributed by atoms with Gasteiger partial charge in [0.05, 0.1) is 0 Å². The molecule has 3 aromatic rings. The van der Waals surface area contributed by atoms with E-state index in [1.54, 1.807) is 19.1 Å². The van der Waals surface area contributed by atoms with Crippen molar-refractivity contribution < 1.29 is 23.9 Å². The summed E-state index contributed by atoms with van der Waals surface area (Å²) < 4.78 is 5.55. The molecule has 0 aliphatic rings. The van der Waals surface area contributed by atoms with Gasteiger partial charge in [0.15, 0.2) is 17.3 Å². The first-order valence-corrected chi connectivity index (χ1v) is 12.9. The highest BCUT2D eigenvalue weighted by Gasteiger charge is 2.17. The summed E-state index contributed by atoms with van der Waals surface area (Å²) in [5, 5.41) is 3.08. The second-order valence-corrected chi connectivity index (χ2v) is 9.53. The van der Waals surface area contributed by atoms with Crippen LogP contribution in [-0.2, 0) is 22.4 Å². The Morgan fingerprint density at radius 3 is 1.76 bits per heavy atom. The van der Waals surface area contributed by atoms with Crippen LogP contribution in [0.1, 0.15) is 74.5 Å². The largest absolute Gasteiger partial charge is 0.372 e. The van der Waals surface area contributed by atoms with Gasteiger partial charge in [0.25, 0.3) is 0 Å². The molecule has 0 fully saturated rings. The lowest BCUT2D eigenvalue weighted by Crippen LogP contribution is -2.40. The van der Waals surface area contributed by atoms with E-state index >= 15 is 0 Å². The number of hydrogen-bond acceptors (Lipinski definition) is 5. The minimum absolute atomic E-state index is 0.0787. The van der Waals surface area contributed by atoms with Gasteiger partial charge in [-0.25, -0.2) is 0 Å². The third kappa shape index (κ3) is 8.60. The normalized spacial score (nSPS) is 10.8. The average Bonchev–Trinajstić information content (AvgIpc) is 2.89. The Labute approximate surface area is 224 Å². The van der Waals surface area contributed by atoms with E-state index in [2.05, 4.69) is 5.32 Å². The van der Waals surface area contributed by atoms with Crippen molar-refractivity contribution in [2.24, 2.45) is 0 Å². The number of hydrogen-bond donors (Lipinski definition) is 1. The van der Waals surface area contributed by atoms with E-state index in [0.717, 1.165) is 11.1 Å². The second-order valence-electron chi connectivity index (χ2n) is 9.53. The summed E-state index contributed by atoms with van der Waals surface area (Å²) in [6.45, 7) is 4.70. The van der Waals surface area contributed by atoms with Gasteiger partial charge in [-0.1, -0.05) is 60.7 Å². The Bertz CT molecular complexity index is 1190. The summed E-state index contributed by atoms with van der Waals surface area (Å²) >= 11 is 0. The molecule has 0 aliphatic carbocycles. The Hall–Kier alpha value is -3.90. The number of Topliss-reactive ketones (excluding diaryl/α,β-unsaturated/α-hetero) is 3. The maximum absolute atomic E-state index is 12.7. The molecule has 1 N–H and O–H groups in total. The molecule has 0 unspecified atom stereocenters. The minimum Gasteiger partial charge on any atom is -0.372 e. The summed E-state index contributed by atoms with van der Waals surface area (Å²) in [4.78, 5) is 49.3. The molecule has 0 aliphatic heterocycles. The van der Waals surface area contributed by atoms with Crippen LogP contribution in [-0.4, -0.2) is 42.5 Å². The molecule has 0 saturated heterocycles. The van der Waals surface area contributed by atoms with E-state index in [4.69, 9.17) is 4.74 Å². The lowest BCUT2D eigenvalue weighted by atomic mass is 9.92. The molecule has 0 bridgehead atoms. The fourth-order valence-corrected chi connectivity index (χ4v) is 4.49. The molecule has 6 heteroatoms. The van der Waals surface area contributed by atoms with Crippen LogP contribution < -0.4 is 5.32 Å². The number of ether oxygens (including phenoxy) is 1. The molecule has 0 spiro atoms. The monoisotopic (exact) mass is 513 g/mol. The quantitative estimate of drug-likeness (QED) is 0.232. The first kappa shape index (κ1) is 28.7. The van der Waals surface area contributed by atoms with Crippen molar-refractivity contribution >= 4 is 23.3 Å². The van der Waals surface area contributed by atoms with Crippen molar-refractivity contribution in [3.63, 3.8) is 0 Å². The van der Waals surface area contributed by atoms with Crippen molar-refractivity contribution in [1.29, 1.82) is 0 Å². The zero-order chi connectivity index (χ0) is 27.5. The number of carbonyl (C=O) groups is 4. The van der Waals surface area contributed by atoms with E-state index < -0.39 is 0 Å². The Kier molecular flexibility index (Phi) is 10.7. The van der Waals surface area contributed by atoms with Crippen molar-refractivity contribution in [3.05, 3.63) is 106 Å². The van der Waals surface area contributed by atoms with Crippen LogP contribution in [0.4, 0.5) is 0 Å². The standard InChI is InChI=1S/C32H35NO5/c1-22-29(23(2)34)19-27(20-30(22)24(3)35)31(36)15-10-16-38-21-32(37)33-28(17-25-11-6-4-7-12-25)18-26-13-8-5-9-14-26/h4-9,11-14,19-20,28H,10,15-18,21H2,1-3H3,(H,33,37). The second kappa shape index (κ2) is 14.1. The van der Waals surface area contributed by atoms with Crippen molar-refractivity contribution in [3.8, 4) is 0 Å². The van der Waals surface area contributed by atoms with Gasteiger partial charge in [0.2, 0.25) is 5.91 Å². The lowest BCUT2D eigenvalue weighted by Gasteiger charge is -2.19. The fourth-order valence-electron chi connectivity index (χ4n) is 4.49. The molecular formula is C32H35NO5. The van der Waals surface area contributed by atoms with Crippen LogP contribution in [0, 0.1) is 6.92 Å². The molecule has 3 aromatic carbocycles. The van der Waals surface area contributed by atoms with Gasteiger partial charge >= 0.3 is 0 Å². The van der Waals surface area contributed by atoms with E-state index in [1.807, 2.05) is 60.7 Å². The van der Waals surface area contributed by atoms with Gasteiger partial charge in [-0.05, 0) is 68.9 Å². The van der Waals surface area contributed by atoms with Crippen molar-refractivity contribution in [1.82, 2.24) is 5.32 Å². The summed E-state index contributed by atoms with van der Waals surface area (Å²) in [6, 6.07) is 23.1. The molecule has 6 nitrogen and oxygen atoms in total. The van der Waals surface area contributed by atoms with E-state index in [1.165, 1.54) is 13.8 Å². The molecule has 38 heavy (non-hydrogen) atoms. The number of carbonyl (C=O) groups excluding carboxylic acids is 4. The van der Waals surface area contributed by atoms with Gasteiger partial charge < -0.3 is 10.1 Å². The zero-order valence-electron chi connectivity index (χ0n) is 22.3. The van der Waals surface area contributed by atoms with Crippen LogP contribution in [0.2, 0.25) is 0 Å². The van der Waals surface area contributed by atoms with Crippen LogP contribution >= 0.6 is 0 Å². The number of benzene rings is 3. The molecular weight excluding hydrogens is 478 g/mol. The maximum atomic E-state index is 12.7. The third-order valence-electron chi connectivity index (χ3n) is 6.43. The first-order valence-electron chi connectivity index (χ1n) is 12.9. The molecule has 0 atom stereocenters. The lowest BCUT2D eigenvalue weighted by molar-refractivity contribution is -0.126. The van der Waals surface area contributed by atoms with Crippen LogP contribution in [0.5, 0.6) is 0 Å². The van der Waals surface area contributed by atoms with Crippen LogP contribution in [0.25, 0.3) is 0 Å². The van der Waals surface area contributed by atoms with Gasteiger partial charge in [-0.15, -0.1) is 0 Å². The predicted molar refractivity (Wildman–Crippen MR) is 148 cm³/mol. The van der Waals surface area contributed by atoms with Crippen molar-refractivity contribution in [2.45, 2.75) is 52.5 Å². The van der Waals surface area contributed by atoms with Gasteiger partial charge in [-0.2, -0.15) is 0 Å². The third-order valence-corrected chi connectivity index (χ3v) is 6.43. The number of amides is 1. The minimum atomic E-state index is -0.205. The molecule has 0 aromatic heterocycles. The summed E-state index contributed by atoms with van der Waals surface area (Å²) in [5.74, 6) is -0.753. The molecule has 0 heterocycles. The smallest absolute Gasteiger partial charge is 0.246 e. The molecule has 1 amide bonds. The number of ketones is 3. The van der Waals surface area contributed by atoms with Gasteiger partial charge in [-0.3, -0.25) is 19.2 Å². The number of nitrogens with one attached hydrogen (secondary N) is 1. The highest BCUT2D eigenvalue weighted by molar-refractivity contribution is 6.06. The summed E-state index contributed by atoms with van der Waals surface area (Å²) in [6.07, 6.45) is 2.01. The van der Waals surface area contributed by atoms with Crippen LogP contribution in [0.3, 0.4) is 0 Å². The molecule has 3 rings (SSSR count). The molecule has 198 valence electrons. The fraction of sp³-hybridized carbons (Fsp3) is 0.312. The van der Waals surface area contributed by atoms with E-state index in [-0.39, 0.29) is 48.9 Å². The highest BCUT2D eigenvalue weighted by atomic mass is 16.5. The molecule has 0 saturated carbocycles. The Morgan fingerprint density at radius 1 is 0.789 bits per heavy atom. The Morgan fingerprint density at radius 2 is 1.29 bits per heavy atom. The average molecular weight is 514 g/mol. The Balaban J connectivity index is 1.50. The SMILES string of the molecule is CC(=O)c1cc(C(=O)CCCOCC(=O)NC(Cc2ccccc2)Cc2ccccc2)cc(C(C)=O)c1C. The predicted octanol–water partition coefficient (Wildman–Crippen LogP) is 5.35. The zero-order valence-corrected chi connectivity index (χ0v) is 22.3. The van der Waals surface area contributed by atoms with Crippen molar-refractivity contribution in [2.75, 3.05) is 13.2 Å². The van der Waals surface area contributed by atoms with Crippen LogP contribution in [0.15, 0.2) is 72.8 Å².